The van der Waals surface area contributed by atoms with Crippen LogP contribution in [-0.4, -0.2) is 30.5 Å². The summed E-state index contributed by atoms with van der Waals surface area (Å²) < 4.78 is 5.65. The molecule has 0 atom stereocenters. The van der Waals surface area contributed by atoms with Crippen molar-refractivity contribution in [2.45, 2.75) is 27.7 Å². The number of ether oxygens (including phenoxy) is 1. The van der Waals surface area contributed by atoms with Crippen LogP contribution < -0.4 is 20.8 Å². The van der Waals surface area contributed by atoms with Gasteiger partial charge in [0.25, 0.3) is 5.91 Å². The molecule has 0 spiro atoms. The van der Waals surface area contributed by atoms with Crippen molar-refractivity contribution in [3.05, 3.63) is 88.5 Å². The average Bonchev–Trinajstić information content (AvgIpc) is 2.83. The summed E-state index contributed by atoms with van der Waals surface area (Å²) in [6, 6.07) is 18.1. The predicted octanol–water partition coefficient (Wildman–Crippen LogP) is 4.03. The molecule has 0 unspecified atom stereocenters. The molecular weight excluding hydrogens is 444 g/mol. The van der Waals surface area contributed by atoms with Gasteiger partial charge in [-0.05, 0) is 80.3 Å². The summed E-state index contributed by atoms with van der Waals surface area (Å²) >= 11 is 0. The van der Waals surface area contributed by atoms with E-state index in [4.69, 9.17) is 4.74 Å². The molecule has 3 amide bonds. The normalized spacial score (nSPS) is 10.6. The number of hydrogen-bond donors (Lipinski definition) is 3. The number of hydrazone groups is 1. The number of benzene rings is 3. The highest BCUT2D eigenvalue weighted by Gasteiger charge is 2.13. The van der Waals surface area contributed by atoms with E-state index >= 15 is 0 Å². The minimum absolute atomic E-state index is 0.205. The molecule has 0 saturated heterocycles. The number of hydrogen-bond acceptors (Lipinski definition) is 5. The monoisotopic (exact) mass is 472 g/mol. The lowest BCUT2D eigenvalue weighted by Gasteiger charge is -2.11. The first-order chi connectivity index (χ1) is 16.7. The first-order valence-corrected chi connectivity index (χ1v) is 11.0. The molecule has 0 bridgehead atoms. The molecule has 3 rings (SSSR count). The maximum Gasteiger partial charge on any atom is 0.329 e. The lowest BCUT2D eigenvalue weighted by Crippen LogP contribution is -2.32. The molecule has 8 heteroatoms. The van der Waals surface area contributed by atoms with Gasteiger partial charge in [-0.15, -0.1) is 0 Å². The standard InChI is InChI=1S/C27H28N4O4/c1-17-9-10-19(3)23(13-17)30-25(32)16-35-24-8-6-5-7-21(24)15-28-31-27(34)26(33)29-22-12-11-18(2)20(4)14-22/h5-15H,16H2,1-4H3,(H,29,33)(H,30,32)(H,31,34)/b28-15-. The van der Waals surface area contributed by atoms with E-state index in [0.717, 1.165) is 27.9 Å². The zero-order valence-corrected chi connectivity index (χ0v) is 20.1. The fraction of sp³-hybridized carbons (Fsp3) is 0.185. The van der Waals surface area contributed by atoms with Crippen LogP contribution in [0.1, 0.15) is 27.8 Å². The van der Waals surface area contributed by atoms with Crippen LogP contribution in [0.15, 0.2) is 65.8 Å². The second-order valence-electron chi connectivity index (χ2n) is 8.15. The van der Waals surface area contributed by atoms with Crippen LogP contribution >= 0.6 is 0 Å². The number of nitrogens with one attached hydrogen (secondary N) is 3. The van der Waals surface area contributed by atoms with Gasteiger partial charge in [-0.2, -0.15) is 5.10 Å². The van der Waals surface area contributed by atoms with Gasteiger partial charge in [-0.1, -0.05) is 30.3 Å². The summed E-state index contributed by atoms with van der Waals surface area (Å²) in [5, 5.41) is 9.22. The highest BCUT2D eigenvalue weighted by molar-refractivity contribution is 6.39. The van der Waals surface area contributed by atoms with E-state index in [1.54, 1.807) is 36.4 Å². The van der Waals surface area contributed by atoms with Gasteiger partial charge in [-0.3, -0.25) is 14.4 Å². The lowest BCUT2D eigenvalue weighted by molar-refractivity contribution is -0.136. The number of rotatable bonds is 7. The number of carbonyl (C=O) groups is 3. The topological polar surface area (TPSA) is 109 Å². The van der Waals surface area contributed by atoms with E-state index in [0.29, 0.717) is 17.0 Å². The molecule has 0 heterocycles. The molecule has 0 aliphatic rings. The predicted molar refractivity (Wildman–Crippen MR) is 137 cm³/mol. The Labute approximate surface area is 204 Å². The lowest BCUT2D eigenvalue weighted by atomic mass is 10.1. The Morgan fingerprint density at radius 3 is 2.34 bits per heavy atom. The van der Waals surface area contributed by atoms with Crippen molar-refractivity contribution in [2.24, 2.45) is 5.10 Å². The van der Waals surface area contributed by atoms with Crippen molar-refractivity contribution in [2.75, 3.05) is 17.2 Å². The third-order valence-electron chi connectivity index (χ3n) is 5.29. The molecule has 180 valence electrons. The van der Waals surface area contributed by atoms with Gasteiger partial charge in [0.2, 0.25) is 0 Å². The Kier molecular flexibility index (Phi) is 8.34. The van der Waals surface area contributed by atoms with E-state index in [9.17, 15) is 14.4 Å². The van der Waals surface area contributed by atoms with Crippen molar-refractivity contribution in [3.8, 4) is 5.75 Å². The molecule has 0 aromatic heterocycles. The number of aryl methyl sites for hydroxylation is 4. The summed E-state index contributed by atoms with van der Waals surface area (Å²) in [7, 11) is 0. The van der Waals surface area contributed by atoms with Crippen molar-refractivity contribution >= 4 is 35.3 Å². The first kappa shape index (κ1) is 25.2. The van der Waals surface area contributed by atoms with Crippen LogP contribution in [0, 0.1) is 27.7 Å². The van der Waals surface area contributed by atoms with Gasteiger partial charge in [-0.25, -0.2) is 5.43 Å². The fourth-order valence-electron chi connectivity index (χ4n) is 3.14. The Morgan fingerprint density at radius 1 is 0.829 bits per heavy atom. The maximum absolute atomic E-state index is 12.4. The Balaban J connectivity index is 1.55. The molecule has 0 saturated carbocycles. The molecule has 0 radical (unpaired) electrons. The summed E-state index contributed by atoms with van der Waals surface area (Å²) in [6.07, 6.45) is 1.35. The number of carbonyl (C=O) groups excluding carboxylic acids is 3. The van der Waals surface area contributed by atoms with E-state index in [-0.39, 0.29) is 12.5 Å². The second kappa shape index (κ2) is 11.6. The average molecular weight is 473 g/mol. The Morgan fingerprint density at radius 2 is 1.57 bits per heavy atom. The highest BCUT2D eigenvalue weighted by atomic mass is 16.5. The molecular formula is C27H28N4O4. The molecule has 3 aromatic rings. The van der Waals surface area contributed by atoms with Crippen molar-refractivity contribution < 1.29 is 19.1 Å². The summed E-state index contributed by atoms with van der Waals surface area (Å²) in [6.45, 7) is 7.54. The second-order valence-corrected chi connectivity index (χ2v) is 8.15. The molecule has 0 aliphatic heterocycles. The molecule has 8 nitrogen and oxygen atoms in total. The summed E-state index contributed by atoms with van der Waals surface area (Å²) in [5.74, 6) is -1.65. The van der Waals surface area contributed by atoms with Crippen molar-refractivity contribution in [1.82, 2.24) is 5.43 Å². The highest BCUT2D eigenvalue weighted by Crippen LogP contribution is 2.18. The zero-order chi connectivity index (χ0) is 25.4. The molecule has 35 heavy (non-hydrogen) atoms. The van der Waals surface area contributed by atoms with Crippen LogP contribution in [0.25, 0.3) is 0 Å². The minimum Gasteiger partial charge on any atom is -0.483 e. The van der Waals surface area contributed by atoms with E-state index < -0.39 is 11.8 Å². The van der Waals surface area contributed by atoms with Gasteiger partial charge >= 0.3 is 11.8 Å². The van der Waals surface area contributed by atoms with Gasteiger partial charge in [0.15, 0.2) is 6.61 Å². The van der Waals surface area contributed by atoms with Gasteiger partial charge in [0.05, 0.1) is 6.21 Å². The molecule has 3 aromatic carbocycles. The largest absolute Gasteiger partial charge is 0.483 e. The number of amides is 3. The third kappa shape index (κ3) is 7.26. The first-order valence-electron chi connectivity index (χ1n) is 11.0. The van der Waals surface area contributed by atoms with Crippen LogP contribution in [0.2, 0.25) is 0 Å². The van der Waals surface area contributed by atoms with Gasteiger partial charge < -0.3 is 15.4 Å². The van der Waals surface area contributed by atoms with Crippen LogP contribution in [-0.2, 0) is 14.4 Å². The van der Waals surface area contributed by atoms with E-state index in [1.807, 2.05) is 52.0 Å². The Hall–Kier alpha value is -4.46. The van der Waals surface area contributed by atoms with Gasteiger partial charge in [0.1, 0.15) is 5.75 Å². The van der Waals surface area contributed by atoms with Crippen LogP contribution in [0.3, 0.4) is 0 Å². The van der Waals surface area contributed by atoms with E-state index in [1.165, 1.54) is 6.21 Å². The van der Waals surface area contributed by atoms with Crippen molar-refractivity contribution in [3.63, 3.8) is 0 Å². The van der Waals surface area contributed by atoms with E-state index in [2.05, 4.69) is 21.2 Å². The number of anilines is 2. The zero-order valence-electron chi connectivity index (χ0n) is 20.1. The number of para-hydroxylation sites is 1. The summed E-state index contributed by atoms with van der Waals surface area (Å²) in [5.41, 5.74) is 8.06. The maximum atomic E-state index is 12.4. The third-order valence-corrected chi connectivity index (χ3v) is 5.29. The van der Waals surface area contributed by atoms with Crippen LogP contribution in [0.5, 0.6) is 5.75 Å². The molecule has 0 aliphatic carbocycles. The minimum atomic E-state index is -0.911. The van der Waals surface area contributed by atoms with Crippen molar-refractivity contribution in [1.29, 1.82) is 0 Å². The Bertz CT molecular complexity index is 1280. The molecule has 3 N–H and O–H groups in total. The van der Waals surface area contributed by atoms with Crippen LogP contribution in [0.4, 0.5) is 11.4 Å². The number of nitrogens with zero attached hydrogens (tertiary/aromatic N) is 1. The smallest absolute Gasteiger partial charge is 0.329 e. The fourth-order valence-corrected chi connectivity index (χ4v) is 3.14. The van der Waals surface area contributed by atoms with Gasteiger partial charge in [0, 0.05) is 16.9 Å². The summed E-state index contributed by atoms with van der Waals surface area (Å²) in [4.78, 5) is 36.6. The molecule has 0 fully saturated rings. The quantitative estimate of drug-likeness (QED) is 0.274. The SMILES string of the molecule is Cc1ccc(C)c(NC(=O)COc2ccccc2/C=N\NC(=O)C(=O)Nc2ccc(C)c(C)c2)c1.